The third-order valence-corrected chi connectivity index (χ3v) is 3.18. The van der Waals surface area contributed by atoms with Crippen molar-refractivity contribution in [3.63, 3.8) is 0 Å². The van der Waals surface area contributed by atoms with Gasteiger partial charge in [0, 0.05) is 24.1 Å². The van der Waals surface area contributed by atoms with Crippen molar-refractivity contribution < 1.29 is 18.7 Å². The number of nitrogens with zero attached hydrogens (tertiary/aromatic N) is 1. The lowest BCUT2D eigenvalue weighted by Crippen LogP contribution is -2.24. The molecule has 1 heterocycles. The van der Waals surface area contributed by atoms with E-state index in [1.807, 2.05) is 12.1 Å². The maximum absolute atomic E-state index is 12.0. The zero-order chi connectivity index (χ0) is 15.8. The summed E-state index contributed by atoms with van der Waals surface area (Å²) in [6, 6.07) is 7.10. The van der Waals surface area contributed by atoms with Gasteiger partial charge in [-0.2, -0.15) is 0 Å². The highest BCUT2D eigenvalue weighted by Crippen LogP contribution is 2.18. The van der Waals surface area contributed by atoms with Crippen LogP contribution < -0.4 is 5.32 Å². The first-order valence-electron chi connectivity index (χ1n) is 7.04. The maximum atomic E-state index is 12.0. The van der Waals surface area contributed by atoms with Gasteiger partial charge in [-0.05, 0) is 25.0 Å². The number of methoxy groups -OCH3 is 1. The molecule has 1 aromatic carbocycles. The summed E-state index contributed by atoms with van der Waals surface area (Å²) in [4.78, 5) is 26.7. The Hall–Kier alpha value is -2.63. The first kappa shape index (κ1) is 15.8. The van der Waals surface area contributed by atoms with Crippen molar-refractivity contribution in [2.45, 2.75) is 19.3 Å². The van der Waals surface area contributed by atoms with Crippen LogP contribution in [0.2, 0.25) is 0 Å². The molecule has 0 atom stereocenters. The molecule has 1 amide bonds. The minimum atomic E-state index is -0.227. The summed E-state index contributed by atoms with van der Waals surface area (Å²) in [6.07, 6.45) is 4.79. The number of aromatic nitrogens is 1. The fraction of sp³-hybridized carbons (Fsp3) is 0.312. The molecule has 1 aromatic heterocycles. The van der Waals surface area contributed by atoms with Crippen molar-refractivity contribution in [3.8, 4) is 11.3 Å². The van der Waals surface area contributed by atoms with Crippen molar-refractivity contribution in [1.82, 2.24) is 10.3 Å². The van der Waals surface area contributed by atoms with E-state index in [2.05, 4.69) is 15.0 Å². The molecule has 0 bridgehead atoms. The van der Waals surface area contributed by atoms with Gasteiger partial charge in [0.1, 0.15) is 0 Å². The minimum absolute atomic E-state index is 0.137. The van der Waals surface area contributed by atoms with E-state index in [0.717, 1.165) is 12.0 Å². The molecule has 116 valence electrons. The molecule has 0 radical (unpaired) electrons. The Balaban J connectivity index is 1.77. The number of ether oxygens (including phenoxy) is 1. The number of benzene rings is 1. The largest absolute Gasteiger partial charge is 0.469 e. The molecule has 6 nitrogen and oxygen atoms in total. The van der Waals surface area contributed by atoms with Crippen LogP contribution in [0, 0.1) is 0 Å². The average molecular weight is 302 g/mol. The van der Waals surface area contributed by atoms with Crippen molar-refractivity contribution in [3.05, 3.63) is 42.4 Å². The number of carbonyl (C=O) groups is 2. The Labute approximate surface area is 128 Å². The first-order chi connectivity index (χ1) is 10.7. The minimum Gasteiger partial charge on any atom is -0.469 e. The van der Waals surface area contributed by atoms with E-state index in [9.17, 15) is 9.59 Å². The topological polar surface area (TPSA) is 81.4 Å². The predicted molar refractivity (Wildman–Crippen MR) is 80.1 cm³/mol. The Morgan fingerprint density at radius 1 is 1.23 bits per heavy atom. The summed E-state index contributed by atoms with van der Waals surface area (Å²) in [5, 5.41) is 2.82. The molecule has 0 aliphatic carbocycles. The van der Waals surface area contributed by atoms with Crippen LogP contribution >= 0.6 is 0 Å². The number of amides is 1. The molecule has 22 heavy (non-hydrogen) atoms. The summed E-state index contributed by atoms with van der Waals surface area (Å²) in [6.45, 7) is 0.527. The van der Waals surface area contributed by atoms with Crippen LogP contribution in [0.1, 0.15) is 29.6 Å². The number of esters is 1. The van der Waals surface area contributed by atoms with Gasteiger partial charge in [-0.25, -0.2) is 4.98 Å². The monoisotopic (exact) mass is 302 g/mol. The number of hydrogen-bond donors (Lipinski definition) is 1. The smallest absolute Gasteiger partial charge is 0.305 e. The number of rotatable bonds is 7. The van der Waals surface area contributed by atoms with E-state index >= 15 is 0 Å². The van der Waals surface area contributed by atoms with Gasteiger partial charge in [0.15, 0.2) is 12.2 Å². The quantitative estimate of drug-likeness (QED) is 0.627. The summed E-state index contributed by atoms with van der Waals surface area (Å²) >= 11 is 0. The molecule has 2 aromatic rings. The molecule has 0 spiro atoms. The fourth-order valence-corrected chi connectivity index (χ4v) is 1.94. The average Bonchev–Trinajstić information content (AvgIpc) is 3.08. The van der Waals surface area contributed by atoms with E-state index in [0.29, 0.717) is 30.7 Å². The van der Waals surface area contributed by atoms with Crippen LogP contribution in [0.3, 0.4) is 0 Å². The predicted octanol–water partition coefficient (Wildman–Crippen LogP) is 2.41. The normalized spacial score (nSPS) is 10.2. The van der Waals surface area contributed by atoms with Crippen LogP contribution in [0.25, 0.3) is 11.3 Å². The second-order valence-corrected chi connectivity index (χ2v) is 4.73. The fourth-order valence-electron chi connectivity index (χ4n) is 1.94. The lowest BCUT2D eigenvalue weighted by Gasteiger charge is -2.05. The van der Waals surface area contributed by atoms with E-state index in [1.165, 1.54) is 13.5 Å². The van der Waals surface area contributed by atoms with Gasteiger partial charge in [0.05, 0.1) is 13.3 Å². The second-order valence-electron chi connectivity index (χ2n) is 4.73. The highest BCUT2D eigenvalue weighted by molar-refractivity contribution is 5.94. The second kappa shape index (κ2) is 7.97. The SMILES string of the molecule is COC(=O)CCCCNC(=O)c1ccc(-c2cnco2)cc1. The Kier molecular flexibility index (Phi) is 5.71. The molecule has 0 saturated heterocycles. The number of nitrogens with one attached hydrogen (secondary N) is 1. The standard InChI is InChI=1S/C16H18N2O4/c1-21-15(19)4-2-3-9-18-16(20)13-7-5-12(6-8-13)14-10-17-11-22-14/h5-8,10-11H,2-4,9H2,1H3,(H,18,20). The highest BCUT2D eigenvalue weighted by Gasteiger charge is 2.07. The number of carbonyl (C=O) groups excluding carboxylic acids is 2. The molecule has 0 fully saturated rings. The molecule has 1 N–H and O–H groups in total. The van der Waals surface area contributed by atoms with Gasteiger partial charge in [0.25, 0.3) is 5.91 Å². The molecule has 0 saturated carbocycles. The van der Waals surface area contributed by atoms with Crippen LogP contribution in [-0.4, -0.2) is 30.5 Å². The Morgan fingerprint density at radius 2 is 2.00 bits per heavy atom. The molecule has 0 aliphatic rings. The molecular weight excluding hydrogens is 284 g/mol. The molecular formula is C16H18N2O4. The van der Waals surface area contributed by atoms with E-state index < -0.39 is 0 Å². The van der Waals surface area contributed by atoms with Crippen LogP contribution in [0.15, 0.2) is 41.3 Å². The Morgan fingerprint density at radius 3 is 2.64 bits per heavy atom. The molecule has 0 unspecified atom stereocenters. The van der Waals surface area contributed by atoms with Gasteiger partial charge in [0.2, 0.25) is 0 Å². The molecule has 0 aliphatic heterocycles. The van der Waals surface area contributed by atoms with Gasteiger partial charge in [-0.15, -0.1) is 0 Å². The van der Waals surface area contributed by atoms with Crippen molar-refractivity contribution in [1.29, 1.82) is 0 Å². The Bertz CT molecular complexity index is 606. The third kappa shape index (κ3) is 4.44. The van der Waals surface area contributed by atoms with Crippen molar-refractivity contribution >= 4 is 11.9 Å². The van der Waals surface area contributed by atoms with Crippen molar-refractivity contribution in [2.24, 2.45) is 0 Å². The highest BCUT2D eigenvalue weighted by atomic mass is 16.5. The van der Waals surface area contributed by atoms with Gasteiger partial charge < -0.3 is 14.5 Å². The third-order valence-electron chi connectivity index (χ3n) is 3.18. The van der Waals surface area contributed by atoms with Gasteiger partial charge in [-0.3, -0.25) is 9.59 Å². The summed E-state index contributed by atoms with van der Waals surface area (Å²) in [7, 11) is 1.37. The lowest BCUT2D eigenvalue weighted by molar-refractivity contribution is -0.140. The lowest BCUT2D eigenvalue weighted by atomic mass is 10.1. The summed E-state index contributed by atoms with van der Waals surface area (Å²) in [5.41, 5.74) is 1.45. The van der Waals surface area contributed by atoms with Crippen LogP contribution in [-0.2, 0) is 9.53 Å². The van der Waals surface area contributed by atoms with Crippen molar-refractivity contribution in [2.75, 3.05) is 13.7 Å². The number of unbranched alkanes of at least 4 members (excludes halogenated alkanes) is 1. The zero-order valence-corrected chi connectivity index (χ0v) is 12.4. The first-order valence-corrected chi connectivity index (χ1v) is 7.04. The summed E-state index contributed by atoms with van der Waals surface area (Å²) in [5.74, 6) is 0.297. The van der Waals surface area contributed by atoms with E-state index in [-0.39, 0.29) is 11.9 Å². The molecule has 6 heteroatoms. The zero-order valence-electron chi connectivity index (χ0n) is 12.4. The van der Waals surface area contributed by atoms with Gasteiger partial charge in [-0.1, -0.05) is 12.1 Å². The van der Waals surface area contributed by atoms with Gasteiger partial charge >= 0.3 is 5.97 Å². The maximum Gasteiger partial charge on any atom is 0.305 e. The molecule has 2 rings (SSSR count). The number of hydrogen-bond acceptors (Lipinski definition) is 5. The number of oxazole rings is 1. The van der Waals surface area contributed by atoms with E-state index in [4.69, 9.17) is 4.42 Å². The van der Waals surface area contributed by atoms with Crippen LogP contribution in [0.5, 0.6) is 0 Å². The summed E-state index contributed by atoms with van der Waals surface area (Å²) < 4.78 is 9.74. The van der Waals surface area contributed by atoms with Crippen LogP contribution in [0.4, 0.5) is 0 Å². The van der Waals surface area contributed by atoms with E-state index in [1.54, 1.807) is 18.3 Å².